The average molecular weight is 252 g/mol. The second kappa shape index (κ2) is 3.78. The fourth-order valence-corrected chi connectivity index (χ4v) is 2.78. The summed E-state index contributed by atoms with van der Waals surface area (Å²) in [5, 5.41) is 2.30. The van der Waals surface area contributed by atoms with Gasteiger partial charge < -0.3 is 4.74 Å². The van der Waals surface area contributed by atoms with E-state index in [0.29, 0.717) is 26.1 Å². The van der Waals surface area contributed by atoms with Crippen LogP contribution in [0.2, 0.25) is 0 Å². The van der Waals surface area contributed by atoms with E-state index in [9.17, 15) is 14.4 Å². The minimum absolute atomic E-state index is 0.170. The Morgan fingerprint density at radius 3 is 2.67 bits per heavy atom. The fraction of sp³-hybridized carbons (Fsp3) is 0.750. The zero-order chi connectivity index (χ0) is 12.9. The van der Waals surface area contributed by atoms with Crippen LogP contribution in [0.4, 0.5) is 4.79 Å². The highest BCUT2D eigenvalue weighted by molar-refractivity contribution is 6.21. The molecule has 2 unspecified atom stereocenters. The predicted octanol–water partition coefficient (Wildman–Crippen LogP) is 0.270. The molecule has 0 radical (unpaired) electrons. The van der Waals surface area contributed by atoms with Crippen molar-refractivity contribution in [2.24, 2.45) is 11.3 Å². The Morgan fingerprint density at radius 1 is 1.39 bits per heavy atom. The quantitative estimate of drug-likeness (QED) is 0.716. The van der Waals surface area contributed by atoms with Crippen molar-refractivity contribution >= 4 is 17.8 Å². The normalized spacial score (nSPS) is 31.7. The lowest BCUT2D eigenvalue weighted by atomic mass is 9.95. The third-order valence-electron chi connectivity index (χ3n) is 4.31. The maximum atomic E-state index is 12.3. The van der Waals surface area contributed by atoms with Crippen molar-refractivity contribution in [3.8, 4) is 0 Å². The van der Waals surface area contributed by atoms with Gasteiger partial charge in [0.15, 0.2) is 0 Å². The summed E-state index contributed by atoms with van der Waals surface area (Å²) in [6.45, 7) is 3.09. The fourth-order valence-electron chi connectivity index (χ4n) is 2.78. The number of hydrogen-bond donors (Lipinski definition) is 1. The molecule has 2 saturated heterocycles. The number of urea groups is 1. The molecular weight excluding hydrogens is 236 g/mol. The molecule has 3 rings (SSSR count). The Hall–Kier alpha value is -1.43. The molecule has 3 fully saturated rings. The summed E-state index contributed by atoms with van der Waals surface area (Å²) < 4.78 is 5.29. The van der Waals surface area contributed by atoms with E-state index in [2.05, 4.69) is 5.32 Å². The van der Waals surface area contributed by atoms with Gasteiger partial charge in [0.25, 0.3) is 0 Å². The van der Waals surface area contributed by atoms with Gasteiger partial charge >= 0.3 is 6.03 Å². The first-order chi connectivity index (χ1) is 8.56. The minimum Gasteiger partial charge on any atom is -0.381 e. The van der Waals surface area contributed by atoms with Crippen LogP contribution in [0, 0.1) is 11.3 Å². The van der Waals surface area contributed by atoms with E-state index < -0.39 is 17.4 Å². The molecule has 1 N–H and O–H groups in total. The van der Waals surface area contributed by atoms with Gasteiger partial charge in [0, 0.05) is 18.6 Å². The molecule has 0 aromatic rings. The van der Waals surface area contributed by atoms with Crippen molar-refractivity contribution in [3.05, 3.63) is 0 Å². The Kier molecular flexibility index (Phi) is 2.45. The van der Waals surface area contributed by atoms with Crippen LogP contribution in [0.25, 0.3) is 0 Å². The lowest BCUT2D eigenvalue weighted by Crippen LogP contribution is -2.62. The van der Waals surface area contributed by atoms with Crippen molar-refractivity contribution < 1.29 is 19.1 Å². The topological polar surface area (TPSA) is 75.7 Å². The molecule has 3 aliphatic rings. The van der Waals surface area contributed by atoms with E-state index >= 15 is 0 Å². The van der Waals surface area contributed by atoms with E-state index in [-0.39, 0.29) is 17.9 Å². The first kappa shape index (κ1) is 11.6. The molecule has 98 valence electrons. The number of nitrogens with one attached hydrogen (secondary N) is 1. The van der Waals surface area contributed by atoms with E-state index in [1.165, 1.54) is 4.90 Å². The number of rotatable bonds is 2. The van der Waals surface area contributed by atoms with Crippen LogP contribution in [0.15, 0.2) is 0 Å². The predicted molar refractivity (Wildman–Crippen MR) is 60.4 cm³/mol. The van der Waals surface area contributed by atoms with Crippen molar-refractivity contribution in [2.75, 3.05) is 13.2 Å². The van der Waals surface area contributed by atoms with Crippen LogP contribution in [0.1, 0.15) is 26.2 Å². The van der Waals surface area contributed by atoms with Gasteiger partial charge in [0.1, 0.15) is 5.41 Å². The van der Waals surface area contributed by atoms with Gasteiger partial charge in [-0.05, 0) is 26.2 Å². The lowest BCUT2D eigenvalue weighted by Gasteiger charge is -2.36. The number of imide groups is 2. The summed E-state index contributed by atoms with van der Waals surface area (Å²) >= 11 is 0. The van der Waals surface area contributed by atoms with Crippen LogP contribution in [0.5, 0.6) is 0 Å². The molecule has 2 aliphatic heterocycles. The number of carbonyl (C=O) groups excluding carboxylic acids is 3. The van der Waals surface area contributed by atoms with Crippen LogP contribution in [-0.2, 0) is 14.3 Å². The van der Waals surface area contributed by atoms with Crippen LogP contribution >= 0.6 is 0 Å². The van der Waals surface area contributed by atoms with Gasteiger partial charge in [-0.2, -0.15) is 0 Å². The van der Waals surface area contributed by atoms with Crippen LogP contribution in [0.3, 0.4) is 0 Å². The van der Waals surface area contributed by atoms with Crippen molar-refractivity contribution in [1.29, 1.82) is 0 Å². The van der Waals surface area contributed by atoms with E-state index in [1.807, 2.05) is 6.92 Å². The van der Waals surface area contributed by atoms with Gasteiger partial charge in [0.2, 0.25) is 11.8 Å². The first-order valence-electron chi connectivity index (χ1n) is 6.33. The third-order valence-corrected chi connectivity index (χ3v) is 4.31. The molecule has 4 amide bonds. The van der Waals surface area contributed by atoms with Crippen molar-refractivity contribution in [1.82, 2.24) is 10.2 Å². The third kappa shape index (κ3) is 1.48. The molecule has 0 bridgehead atoms. The first-order valence-corrected chi connectivity index (χ1v) is 6.33. The summed E-state index contributed by atoms with van der Waals surface area (Å²) in [6, 6.07) is -0.799. The Balaban J connectivity index is 1.83. The second-order valence-electron chi connectivity index (χ2n) is 5.38. The maximum absolute atomic E-state index is 12.3. The monoisotopic (exact) mass is 252 g/mol. The highest BCUT2D eigenvalue weighted by Gasteiger charge is 2.63. The molecule has 6 nitrogen and oxygen atoms in total. The number of amides is 4. The zero-order valence-electron chi connectivity index (χ0n) is 10.3. The molecule has 2 atom stereocenters. The number of hydrogen-bond acceptors (Lipinski definition) is 4. The summed E-state index contributed by atoms with van der Waals surface area (Å²) in [4.78, 5) is 37.1. The SMILES string of the molecule is CC(C1CCOC1)N1C(=O)NC(=O)C2(CC2)C1=O. The van der Waals surface area contributed by atoms with Gasteiger partial charge in [-0.1, -0.05) is 0 Å². The molecular formula is C12H16N2O4. The van der Waals surface area contributed by atoms with Crippen LogP contribution < -0.4 is 5.32 Å². The zero-order valence-corrected chi connectivity index (χ0v) is 10.3. The Labute approximate surface area is 105 Å². The molecule has 0 aromatic heterocycles. The van der Waals surface area contributed by atoms with Crippen LogP contribution in [-0.4, -0.2) is 42.0 Å². The second-order valence-corrected chi connectivity index (χ2v) is 5.38. The highest BCUT2D eigenvalue weighted by atomic mass is 16.5. The van der Waals surface area contributed by atoms with Gasteiger partial charge in [-0.25, -0.2) is 4.79 Å². The molecule has 18 heavy (non-hydrogen) atoms. The average Bonchev–Trinajstić information content (AvgIpc) is 2.95. The van der Waals surface area contributed by atoms with Crippen molar-refractivity contribution in [2.45, 2.75) is 32.2 Å². The summed E-state index contributed by atoms with van der Waals surface area (Å²) in [6.07, 6.45) is 1.95. The summed E-state index contributed by atoms with van der Waals surface area (Å²) in [5.74, 6) is -0.581. The highest BCUT2D eigenvalue weighted by Crippen LogP contribution is 2.49. The van der Waals surface area contributed by atoms with Gasteiger partial charge in [0.05, 0.1) is 6.61 Å². The molecule has 2 heterocycles. The number of barbiturate groups is 1. The standard InChI is InChI=1S/C12H16N2O4/c1-7(8-2-5-18-6-8)14-10(16)12(3-4-12)9(15)13-11(14)17/h7-8H,2-6H2,1H3,(H,13,15,17). The largest absolute Gasteiger partial charge is 0.381 e. The smallest absolute Gasteiger partial charge is 0.331 e. The maximum Gasteiger partial charge on any atom is 0.331 e. The van der Waals surface area contributed by atoms with Gasteiger partial charge in [-0.15, -0.1) is 0 Å². The molecule has 1 saturated carbocycles. The number of ether oxygens (including phenoxy) is 1. The van der Waals surface area contributed by atoms with Gasteiger partial charge in [-0.3, -0.25) is 19.8 Å². The Bertz CT molecular complexity index is 424. The number of carbonyl (C=O) groups is 3. The molecule has 0 aromatic carbocycles. The molecule has 1 aliphatic carbocycles. The lowest BCUT2D eigenvalue weighted by molar-refractivity contribution is -0.146. The molecule has 6 heteroatoms. The van der Waals surface area contributed by atoms with E-state index in [0.717, 1.165) is 6.42 Å². The molecule has 1 spiro atoms. The minimum atomic E-state index is -0.943. The summed E-state index contributed by atoms with van der Waals surface area (Å²) in [5.41, 5.74) is -0.943. The van der Waals surface area contributed by atoms with E-state index in [1.54, 1.807) is 0 Å². The van der Waals surface area contributed by atoms with E-state index in [4.69, 9.17) is 4.74 Å². The summed E-state index contributed by atoms with van der Waals surface area (Å²) in [7, 11) is 0. The Morgan fingerprint density at radius 2 is 2.11 bits per heavy atom. The number of nitrogens with zero attached hydrogens (tertiary/aromatic N) is 1. The van der Waals surface area contributed by atoms with Crippen molar-refractivity contribution in [3.63, 3.8) is 0 Å².